The fraction of sp³-hybridized carbons (Fsp3) is 0.421. The van der Waals surface area contributed by atoms with Gasteiger partial charge in [-0.25, -0.2) is 9.59 Å². The minimum absolute atomic E-state index is 0.293. The summed E-state index contributed by atoms with van der Waals surface area (Å²) < 4.78 is 10.7. The first-order valence-corrected chi connectivity index (χ1v) is 16.1. The van der Waals surface area contributed by atoms with Gasteiger partial charge in [-0.1, -0.05) is 127 Å². The maximum Gasteiger partial charge on any atom is 0.339 e. The van der Waals surface area contributed by atoms with Crippen molar-refractivity contribution in [1.29, 1.82) is 0 Å². The van der Waals surface area contributed by atoms with Gasteiger partial charge in [-0.2, -0.15) is 0 Å². The number of benzene rings is 4. The summed E-state index contributed by atoms with van der Waals surface area (Å²) in [7, 11) is 0. The van der Waals surface area contributed by atoms with Gasteiger partial charge in [0.15, 0.2) is 0 Å². The van der Waals surface area contributed by atoms with Gasteiger partial charge in [0, 0.05) is 5.39 Å². The molecule has 0 aliphatic heterocycles. The molecule has 0 aliphatic carbocycles. The Hall–Kier alpha value is -3.86. The minimum Gasteiger partial charge on any atom is -0.507 e. The number of esters is 2. The van der Waals surface area contributed by atoms with E-state index in [1.54, 1.807) is 30.3 Å². The number of carbonyl (C=O) groups excluding carboxylic acids is 2. The zero-order valence-corrected chi connectivity index (χ0v) is 26.0. The minimum atomic E-state index is -0.444. The molecule has 0 saturated heterocycles. The summed E-state index contributed by atoms with van der Waals surface area (Å²) in [5, 5.41) is 14.1. The Bertz CT molecular complexity index is 1360. The van der Waals surface area contributed by atoms with Gasteiger partial charge in [-0.3, -0.25) is 0 Å². The van der Waals surface area contributed by atoms with Gasteiger partial charge in [0.25, 0.3) is 0 Å². The Labute approximate surface area is 257 Å². The van der Waals surface area contributed by atoms with Gasteiger partial charge < -0.3 is 14.6 Å². The molecule has 0 aliphatic rings. The van der Waals surface area contributed by atoms with Crippen LogP contribution in [-0.4, -0.2) is 30.3 Å². The number of ether oxygens (including phenoxy) is 2. The largest absolute Gasteiger partial charge is 0.507 e. The highest BCUT2D eigenvalue weighted by Gasteiger charge is 2.18. The smallest absolute Gasteiger partial charge is 0.339 e. The summed E-state index contributed by atoms with van der Waals surface area (Å²) >= 11 is 0. The van der Waals surface area contributed by atoms with E-state index in [9.17, 15) is 14.7 Å². The highest BCUT2D eigenvalue weighted by Crippen LogP contribution is 2.28. The molecule has 0 heterocycles. The predicted molar refractivity (Wildman–Crippen MR) is 177 cm³/mol. The lowest BCUT2D eigenvalue weighted by molar-refractivity contribution is 0.0450. The van der Waals surface area contributed by atoms with Crippen LogP contribution >= 0.6 is 0 Å². The number of rotatable bonds is 16. The second kappa shape index (κ2) is 19.4. The zero-order valence-electron chi connectivity index (χ0n) is 26.0. The van der Waals surface area contributed by atoms with Crippen molar-refractivity contribution in [3.8, 4) is 5.75 Å². The molecule has 0 unspecified atom stereocenters. The molecule has 0 atom stereocenters. The standard InChI is InChI=1S/C24H38O4.C14H10O/c1-3-5-7-9-11-15-19-27-23(25)21-17-13-14-18-22(21)24(26)28-20-16-12-10-8-6-4-2;15-14-7-3-6-12-8-10-4-1-2-5-11(10)9-13(12)14/h13-14,17-18H,3-12,15-16,19-20H2,1-2H3;1-9,15H. The van der Waals surface area contributed by atoms with Crippen molar-refractivity contribution >= 4 is 33.5 Å². The van der Waals surface area contributed by atoms with Crippen molar-refractivity contribution in [3.05, 3.63) is 90.0 Å². The SMILES string of the molecule is CCCCCCCCOC(=O)c1ccccc1C(=O)OCCCCCCCC.Oc1cccc2cc3ccccc3cc12. The van der Waals surface area contributed by atoms with Crippen LogP contribution in [-0.2, 0) is 9.47 Å². The third-order valence-electron chi connectivity index (χ3n) is 7.55. The van der Waals surface area contributed by atoms with E-state index in [0.29, 0.717) is 30.1 Å². The van der Waals surface area contributed by atoms with Crippen LogP contribution in [0.15, 0.2) is 78.9 Å². The van der Waals surface area contributed by atoms with E-state index in [0.717, 1.165) is 41.8 Å². The fourth-order valence-corrected chi connectivity index (χ4v) is 5.04. The Morgan fingerprint density at radius 3 is 1.51 bits per heavy atom. The number of phenolic OH excluding ortho intramolecular Hbond substituents is 1. The van der Waals surface area contributed by atoms with Crippen molar-refractivity contribution < 1.29 is 24.2 Å². The van der Waals surface area contributed by atoms with Crippen molar-refractivity contribution in [3.63, 3.8) is 0 Å². The number of hydrogen-bond donors (Lipinski definition) is 1. The molecule has 0 amide bonds. The quantitative estimate of drug-likeness (QED) is 0.0806. The van der Waals surface area contributed by atoms with Gasteiger partial charge in [0.05, 0.1) is 24.3 Å². The summed E-state index contributed by atoms with van der Waals surface area (Å²) in [5.74, 6) is -0.542. The van der Waals surface area contributed by atoms with E-state index >= 15 is 0 Å². The molecule has 0 saturated carbocycles. The van der Waals surface area contributed by atoms with Crippen LogP contribution in [0.2, 0.25) is 0 Å². The van der Waals surface area contributed by atoms with E-state index in [1.807, 2.05) is 30.3 Å². The van der Waals surface area contributed by atoms with Crippen LogP contribution in [0.3, 0.4) is 0 Å². The second-order valence-electron chi connectivity index (χ2n) is 11.1. The van der Waals surface area contributed by atoms with Gasteiger partial charge in [-0.15, -0.1) is 0 Å². The molecule has 5 nitrogen and oxygen atoms in total. The molecule has 0 bridgehead atoms. The van der Waals surface area contributed by atoms with E-state index < -0.39 is 11.9 Å². The molecule has 4 aromatic rings. The number of carbonyl (C=O) groups is 2. The lowest BCUT2D eigenvalue weighted by Gasteiger charge is -2.10. The van der Waals surface area contributed by atoms with Crippen LogP contribution in [0.25, 0.3) is 21.5 Å². The molecule has 4 rings (SSSR count). The van der Waals surface area contributed by atoms with Crippen LogP contribution in [0.1, 0.15) is 112 Å². The maximum absolute atomic E-state index is 12.4. The highest BCUT2D eigenvalue weighted by atomic mass is 16.5. The first-order valence-electron chi connectivity index (χ1n) is 16.1. The highest BCUT2D eigenvalue weighted by molar-refractivity contribution is 6.03. The number of aromatic hydroxyl groups is 1. The molecule has 4 aromatic carbocycles. The number of phenols is 1. The van der Waals surface area contributed by atoms with Crippen LogP contribution in [0.5, 0.6) is 5.75 Å². The predicted octanol–water partition coefficient (Wildman–Crippen LogP) is 10.4. The molecular formula is C38H48O5. The van der Waals surface area contributed by atoms with Crippen LogP contribution in [0, 0.1) is 0 Å². The molecule has 1 N–H and O–H groups in total. The molecule has 0 spiro atoms. The zero-order chi connectivity index (χ0) is 30.7. The fourth-order valence-electron chi connectivity index (χ4n) is 5.04. The number of hydrogen-bond acceptors (Lipinski definition) is 5. The number of unbranched alkanes of at least 4 members (excludes halogenated alkanes) is 10. The molecule has 0 fully saturated rings. The summed E-state index contributed by atoms with van der Waals surface area (Å²) in [4.78, 5) is 24.7. The topological polar surface area (TPSA) is 72.8 Å². The van der Waals surface area contributed by atoms with Gasteiger partial charge >= 0.3 is 11.9 Å². The Morgan fingerprint density at radius 2 is 0.977 bits per heavy atom. The average molecular weight is 585 g/mol. The monoisotopic (exact) mass is 584 g/mol. The first-order chi connectivity index (χ1) is 21.0. The van der Waals surface area contributed by atoms with E-state index in [1.165, 1.54) is 56.8 Å². The average Bonchev–Trinajstić information content (AvgIpc) is 3.03. The normalized spacial score (nSPS) is 10.7. The van der Waals surface area contributed by atoms with E-state index in [2.05, 4.69) is 32.0 Å². The number of fused-ring (bicyclic) bond motifs is 2. The summed E-state index contributed by atoms with van der Waals surface area (Å²) in [6.07, 6.45) is 13.6. The van der Waals surface area contributed by atoms with Crippen LogP contribution < -0.4 is 0 Å². The first kappa shape index (κ1) is 33.6. The molecule has 5 heteroatoms. The van der Waals surface area contributed by atoms with Crippen molar-refractivity contribution in [2.75, 3.05) is 13.2 Å². The van der Waals surface area contributed by atoms with Gasteiger partial charge in [0.2, 0.25) is 0 Å². The third-order valence-corrected chi connectivity index (χ3v) is 7.55. The third kappa shape index (κ3) is 11.4. The molecule has 43 heavy (non-hydrogen) atoms. The molecule has 0 aromatic heterocycles. The maximum atomic E-state index is 12.4. The lowest BCUT2D eigenvalue weighted by atomic mass is 10.0. The molecule has 230 valence electrons. The summed E-state index contributed by atoms with van der Waals surface area (Å²) in [6.45, 7) is 5.17. The van der Waals surface area contributed by atoms with Crippen molar-refractivity contribution in [2.24, 2.45) is 0 Å². The van der Waals surface area contributed by atoms with Gasteiger partial charge in [-0.05, 0) is 59.3 Å². The van der Waals surface area contributed by atoms with E-state index in [4.69, 9.17) is 9.47 Å². The van der Waals surface area contributed by atoms with Crippen molar-refractivity contribution in [2.45, 2.75) is 90.9 Å². The molecule has 0 radical (unpaired) electrons. The Balaban J connectivity index is 0.000000278. The van der Waals surface area contributed by atoms with E-state index in [-0.39, 0.29) is 0 Å². The lowest BCUT2D eigenvalue weighted by Crippen LogP contribution is -2.15. The van der Waals surface area contributed by atoms with Gasteiger partial charge in [0.1, 0.15) is 5.75 Å². The Kier molecular flexibility index (Phi) is 15.1. The summed E-state index contributed by atoms with van der Waals surface area (Å²) in [6, 6.07) is 24.6. The Morgan fingerprint density at radius 1 is 0.535 bits per heavy atom. The van der Waals surface area contributed by atoms with Crippen molar-refractivity contribution in [1.82, 2.24) is 0 Å². The van der Waals surface area contributed by atoms with Crippen LogP contribution in [0.4, 0.5) is 0 Å². The second-order valence-corrected chi connectivity index (χ2v) is 11.1. The molecular weight excluding hydrogens is 536 g/mol. The summed E-state index contributed by atoms with van der Waals surface area (Å²) in [5.41, 5.74) is 0.586.